The molecule has 26 heavy (non-hydrogen) atoms. The molecule has 8 heteroatoms. The Morgan fingerprint density at radius 3 is 2.19 bits per heavy atom. The molecule has 0 amide bonds. The van der Waals surface area contributed by atoms with E-state index in [0.29, 0.717) is 11.3 Å². The fraction of sp³-hybridized carbons (Fsp3) is 0.0556. The number of hydrogen-bond acceptors (Lipinski definition) is 3. The van der Waals surface area contributed by atoms with E-state index < -0.39 is 10.0 Å². The lowest BCUT2D eigenvalue weighted by Gasteiger charge is -2.07. The molecule has 0 aliphatic carbocycles. The minimum absolute atomic E-state index is 0.157. The van der Waals surface area contributed by atoms with Crippen LogP contribution >= 0.6 is 43.2 Å². The standard InChI is InChI=1S/C18H14Br2N2O2S2/c1-2-11-22-17(13-3-5-14(19)6-4-13)12-25-18(22)21-26(23,24)16-9-7-15(20)8-10-16/h2-10,12H,1,11H2/b21-18+. The molecule has 4 nitrogen and oxygen atoms in total. The van der Waals surface area contributed by atoms with Crippen molar-refractivity contribution in [3.63, 3.8) is 0 Å². The highest BCUT2D eigenvalue weighted by Crippen LogP contribution is 2.23. The van der Waals surface area contributed by atoms with Crippen LogP contribution in [0, 0.1) is 0 Å². The number of rotatable bonds is 5. The quantitative estimate of drug-likeness (QED) is 0.439. The zero-order valence-corrected chi connectivity index (χ0v) is 18.3. The largest absolute Gasteiger partial charge is 0.312 e. The summed E-state index contributed by atoms with van der Waals surface area (Å²) in [5.74, 6) is 0. The van der Waals surface area contributed by atoms with E-state index in [1.807, 2.05) is 34.2 Å². The normalized spacial score (nSPS) is 12.3. The van der Waals surface area contributed by atoms with Crippen molar-refractivity contribution in [3.05, 3.63) is 80.3 Å². The molecule has 0 bridgehead atoms. The van der Waals surface area contributed by atoms with E-state index in [9.17, 15) is 8.42 Å². The van der Waals surface area contributed by atoms with Crippen LogP contribution < -0.4 is 4.80 Å². The molecule has 1 heterocycles. The summed E-state index contributed by atoms with van der Waals surface area (Å²) in [5.41, 5.74) is 1.88. The van der Waals surface area contributed by atoms with Crippen LogP contribution in [0.25, 0.3) is 11.3 Å². The van der Waals surface area contributed by atoms with Crippen molar-refractivity contribution in [3.8, 4) is 11.3 Å². The minimum atomic E-state index is -3.79. The van der Waals surface area contributed by atoms with Gasteiger partial charge in [0, 0.05) is 20.9 Å². The number of thiazole rings is 1. The Kier molecular flexibility index (Phi) is 5.96. The van der Waals surface area contributed by atoms with Gasteiger partial charge in [0.05, 0.1) is 10.6 Å². The average molecular weight is 514 g/mol. The van der Waals surface area contributed by atoms with Crippen LogP contribution in [0.2, 0.25) is 0 Å². The molecule has 3 rings (SSSR count). The van der Waals surface area contributed by atoms with E-state index in [4.69, 9.17) is 0 Å². The van der Waals surface area contributed by atoms with Gasteiger partial charge in [0.25, 0.3) is 10.0 Å². The molecular weight excluding hydrogens is 500 g/mol. The molecule has 0 aliphatic heterocycles. The summed E-state index contributed by atoms with van der Waals surface area (Å²) >= 11 is 8.01. The Balaban J connectivity index is 2.12. The first-order valence-electron chi connectivity index (χ1n) is 7.52. The van der Waals surface area contributed by atoms with Gasteiger partial charge < -0.3 is 4.57 Å². The van der Waals surface area contributed by atoms with E-state index in [2.05, 4.69) is 42.8 Å². The molecule has 0 N–H and O–H groups in total. The molecule has 1 aromatic heterocycles. The first-order valence-corrected chi connectivity index (χ1v) is 11.4. The smallest absolute Gasteiger partial charge is 0.285 e. The maximum absolute atomic E-state index is 12.6. The Labute approximate surface area is 172 Å². The minimum Gasteiger partial charge on any atom is -0.312 e. The third-order valence-corrected chi connectivity index (χ3v) is 6.88. The monoisotopic (exact) mass is 512 g/mol. The molecule has 2 aromatic carbocycles. The number of aromatic nitrogens is 1. The van der Waals surface area contributed by atoms with Crippen LogP contribution in [0.1, 0.15) is 0 Å². The van der Waals surface area contributed by atoms with Crippen LogP contribution in [0.3, 0.4) is 0 Å². The Morgan fingerprint density at radius 1 is 1.04 bits per heavy atom. The lowest BCUT2D eigenvalue weighted by molar-refractivity contribution is 0.595. The second-order valence-corrected chi connectivity index (χ2v) is 9.60. The van der Waals surface area contributed by atoms with Gasteiger partial charge in [-0.2, -0.15) is 8.42 Å². The molecule has 0 radical (unpaired) electrons. The fourth-order valence-corrected chi connectivity index (χ4v) is 4.99. The molecule has 0 fully saturated rings. The summed E-state index contributed by atoms with van der Waals surface area (Å²) in [6, 6.07) is 14.3. The van der Waals surface area contributed by atoms with E-state index >= 15 is 0 Å². The van der Waals surface area contributed by atoms with Crippen molar-refractivity contribution in [1.29, 1.82) is 0 Å². The van der Waals surface area contributed by atoms with Crippen LogP contribution in [0.4, 0.5) is 0 Å². The second kappa shape index (κ2) is 8.04. The highest BCUT2D eigenvalue weighted by molar-refractivity contribution is 9.10. The predicted molar refractivity (Wildman–Crippen MR) is 113 cm³/mol. The zero-order chi connectivity index (χ0) is 18.7. The zero-order valence-electron chi connectivity index (χ0n) is 13.5. The summed E-state index contributed by atoms with van der Waals surface area (Å²) in [6.07, 6.45) is 1.72. The van der Waals surface area contributed by atoms with Crippen molar-refractivity contribution < 1.29 is 8.42 Å². The Hall–Kier alpha value is -1.48. The second-order valence-electron chi connectivity index (χ2n) is 5.33. The number of benzene rings is 2. The van der Waals surface area contributed by atoms with E-state index in [-0.39, 0.29) is 4.90 Å². The number of sulfonamides is 1. The van der Waals surface area contributed by atoms with Crippen molar-refractivity contribution >= 4 is 53.2 Å². The lowest BCUT2D eigenvalue weighted by Crippen LogP contribution is -2.17. The van der Waals surface area contributed by atoms with E-state index in [1.165, 1.54) is 23.5 Å². The van der Waals surface area contributed by atoms with Gasteiger partial charge in [-0.3, -0.25) is 0 Å². The van der Waals surface area contributed by atoms with Crippen molar-refractivity contribution in [1.82, 2.24) is 4.57 Å². The molecule has 0 atom stereocenters. The molecule has 0 spiro atoms. The summed E-state index contributed by atoms with van der Waals surface area (Å²) in [5, 5.41) is 1.91. The van der Waals surface area contributed by atoms with Gasteiger partial charge in [0.15, 0.2) is 0 Å². The maximum Gasteiger partial charge on any atom is 0.285 e. The fourth-order valence-electron chi connectivity index (χ4n) is 2.32. The number of hydrogen-bond donors (Lipinski definition) is 0. The van der Waals surface area contributed by atoms with Gasteiger partial charge in [-0.25, -0.2) is 0 Å². The molecule has 0 saturated heterocycles. The van der Waals surface area contributed by atoms with Gasteiger partial charge in [-0.1, -0.05) is 50.1 Å². The van der Waals surface area contributed by atoms with E-state index in [1.54, 1.807) is 18.2 Å². The topological polar surface area (TPSA) is 51.4 Å². The van der Waals surface area contributed by atoms with Crippen LogP contribution in [-0.4, -0.2) is 13.0 Å². The Bertz CT molecular complexity index is 1100. The third-order valence-electron chi connectivity index (χ3n) is 3.56. The highest BCUT2D eigenvalue weighted by atomic mass is 79.9. The van der Waals surface area contributed by atoms with Crippen molar-refractivity contribution in [2.24, 2.45) is 4.40 Å². The first-order chi connectivity index (χ1) is 12.4. The van der Waals surface area contributed by atoms with Crippen molar-refractivity contribution in [2.45, 2.75) is 11.4 Å². The number of nitrogens with zero attached hydrogens (tertiary/aromatic N) is 2. The maximum atomic E-state index is 12.6. The average Bonchev–Trinajstić information content (AvgIpc) is 2.98. The molecule has 0 aliphatic rings. The van der Waals surface area contributed by atoms with Gasteiger partial charge in [-0.05, 0) is 42.0 Å². The Morgan fingerprint density at radius 2 is 1.62 bits per heavy atom. The molecular formula is C18H14Br2N2O2S2. The predicted octanol–water partition coefficient (Wildman–Crippen LogP) is 5.22. The van der Waals surface area contributed by atoms with Gasteiger partial charge in [0.1, 0.15) is 0 Å². The van der Waals surface area contributed by atoms with Gasteiger partial charge >= 0.3 is 0 Å². The molecule has 134 valence electrons. The summed E-state index contributed by atoms with van der Waals surface area (Å²) in [4.78, 5) is 0.565. The number of halogens is 2. The SMILES string of the molecule is C=CCn1c(-c2ccc(Br)cc2)cs/c1=N/S(=O)(=O)c1ccc(Br)cc1. The summed E-state index contributed by atoms with van der Waals surface area (Å²) in [7, 11) is -3.79. The van der Waals surface area contributed by atoms with Crippen LogP contribution in [0.15, 0.2) is 84.8 Å². The van der Waals surface area contributed by atoms with Gasteiger partial charge in [-0.15, -0.1) is 22.3 Å². The summed E-state index contributed by atoms with van der Waals surface area (Å²) in [6.45, 7) is 4.23. The molecule has 0 saturated carbocycles. The van der Waals surface area contributed by atoms with Crippen LogP contribution in [0.5, 0.6) is 0 Å². The number of allylic oxidation sites excluding steroid dienone is 1. The summed E-state index contributed by atoms with van der Waals surface area (Å²) < 4.78 is 33.0. The lowest BCUT2D eigenvalue weighted by atomic mass is 10.2. The van der Waals surface area contributed by atoms with Gasteiger partial charge in [0.2, 0.25) is 4.80 Å². The molecule has 0 unspecified atom stereocenters. The highest BCUT2D eigenvalue weighted by Gasteiger charge is 2.14. The molecule has 3 aromatic rings. The third kappa shape index (κ3) is 4.25. The first kappa shape index (κ1) is 19.3. The van der Waals surface area contributed by atoms with E-state index in [0.717, 1.165) is 20.2 Å². The van der Waals surface area contributed by atoms with Crippen molar-refractivity contribution in [2.75, 3.05) is 0 Å². The van der Waals surface area contributed by atoms with Crippen LogP contribution in [-0.2, 0) is 16.6 Å².